The van der Waals surface area contributed by atoms with Crippen molar-refractivity contribution in [3.8, 4) is 0 Å². The lowest BCUT2D eigenvalue weighted by atomic mass is 9.79. The minimum Gasteiger partial charge on any atom is -0.477 e. The molecule has 37 heavy (non-hydrogen) atoms. The molecule has 0 spiro atoms. The molecule has 0 aromatic rings. The van der Waals surface area contributed by atoms with Gasteiger partial charge in [-0.1, -0.05) is 6.92 Å². The van der Waals surface area contributed by atoms with E-state index in [1.54, 1.807) is 18.7 Å². The van der Waals surface area contributed by atoms with E-state index in [0.29, 0.717) is 37.4 Å². The zero-order valence-electron chi connectivity index (χ0n) is 21.1. The van der Waals surface area contributed by atoms with Gasteiger partial charge in [0.05, 0.1) is 24.1 Å². The number of aliphatic imine (C=N–C) groups is 1. The third-order valence-corrected chi connectivity index (χ3v) is 9.07. The Labute approximate surface area is 219 Å². The van der Waals surface area contributed by atoms with Gasteiger partial charge in [-0.2, -0.15) is 0 Å². The smallest absolute Gasteiger partial charge is 0.353 e. The number of nitrogens with two attached hydrogens (primary N) is 2. The van der Waals surface area contributed by atoms with Gasteiger partial charge in [-0.15, -0.1) is 11.8 Å². The van der Waals surface area contributed by atoms with E-state index in [1.165, 1.54) is 16.7 Å². The lowest BCUT2D eigenvalue weighted by molar-refractivity contribution is -0.163. The number of β-lactam (4-membered cyclic amide) rings is 1. The summed E-state index contributed by atoms with van der Waals surface area (Å²) in [5.74, 6) is -2.87. The monoisotopic (exact) mass is 537 g/mol. The van der Waals surface area contributed by atoms with Crippen LogP contribution in [0.25, 0.3) is 0 Å². The summed E-state index contributed by atoms with van der Waals surface area (Å²) in [6.07, 6.45) is 0.286. The minimum atomic E-state index is -1.16. The Morgan fingerprint density at radius 3 is 2.59 bits per heavy atom. The van der Waals surface area contributed by atoms with Crippen molar-refractivity contribution < 1.29 is 29.4 Å². The van der Waals surface area contributed by atoms with Gasteiger partial charge in [0.15, 0.2) is 5.96 Å². The quantitative estimate of drug-likeness (QED) is 0.114. The number of rotatable bonds is 8. The first-order valence-electron chi connectivity index (χ1n) is 12.5. The van der Waals surface area contributed by atoms with Gasteiger partial charge in [0, 0.05) is 41.7 Å². The molecule has 4 aliphatic rings. The van der Waals surface area contributed by atoms with E-state index in [4.69, 9.17) is 11.5 Å². The molecule has 0 saturated carbocycles. The largest absolute Gasteiger partial charge is 0.477 e. The van der Waals surface area contributed by atoms with Crippen molar-refractivity contribution in [2.75, 3.05) is 19.6 Å². The molecule has 0 aliphatic carbocycles. The van der Waals surface area contributed by atoms with E-state index in [2.05, 4.69) is 15.6 Å². The number of hydrogen-bond acceptors (Lipinski definition) is 8. The molecule has 14 heteroatoms. The fourth-order valence-electron chi connectivity index (χ4n) is 5.74. The third-order valence-electron chi connectivity index (χ3n) is 7.56. The van der Waals surface area contributed by atoms with Gasteiger partial charge >= 0.3 is 5.97 Å². The molecule has 0 aromatic carbocycles. The number of nitrogens with zero attached hydrogens (tertiary/aromatic N) is 3. The number of nitrogens with one attached hydrogen (secondary N) is 2. The van der Waals surface area contributed by atoms with Crippen molar-refractivity contribution in [2.45, 2.75) is 69.1 Å². The van der Waals surface area contributed by atoms with Crippen LogP contribution in [0.4, 0.5) is 0 Å². The van der Waals surface area contributed by atoms with Crippen LogP contribution in [0.1, 0.15) is 33.6 Å². The maximum Gasteiger partial charge on any atom is 0.353 e. The molecular formula is C23H35N7O6S. The van der Waals surface area contributed by atoms with Gasteiger partial charge in [-0.3, -0.25) is 14.4 Å². The predicted molar refractivity (Wildman–Crippen MR) is 136 cm³/mol. The number of amides is 3. The van der Waals surface area contributed by atoms with Crippen molar-refractivity contribution in [3.05, 3.63) is 10.6 Å². The molecule has 4 heterocycles. The Balaban J connectivity index is 1.34. The fourth-order valence-corrected chi connectivity index (χ4v) is 7.22. The Kier molecular flexibility index (Phi) is 7.72. The summed E-state index contributed by atoms with van der Waals surface area (Å²) in [7, 11) is 0. The topological polar surface area (TPSA) is 204 Å². The van der Waals surface area contributed by atoms with E-state index in [-0.39, 0.29) is 52.6 Å². The normalized spacial score (nSPS) is 32.6. The Morgan fingerprint density at radius 1 is 1.27 bits per heavy atom. The number of carboxylic acid groups (broad SMARTS) is 1. The Hall–Kier alpha value is -2.84. The molecule has 0 bridgehead atoms. The molecule has 3 fully saturated rings. The maximum absolute atomic E-state index is 13.2. The number of thioether (sulfide) groups is 1. The Morgan fingerprint density at radius 2 is 1.97 bits per heavy atom. The van der Waals surface area contributed by atoms with Crippen molar-refractivity contribution >= 4 is 41.4 Å². The number of aliphatic hydroxyl groups excluding tert-OH is 1. The zero-order chi connectivity index (χ0) is 27.2. The molecule has 7 unspecified atom stereocenters. The lowest BCUT2D eigenvalue weighted by Crippen LogP contribution is -2.63. The lowest BCUT2D eigenvalue weighted by Gasteiger charge is -2.46. The predicted octanol–water partition coefficient (Wildman–Crippen LogP) is -2.02. The van der Waals surface area contributed by atoms with Gasteiger partial charge in [-0.25, -0.2) is 9.79 Å². The van der Waals surface area contributed by atoms with Crippen LogP contribution in [0.15, 0.2) is 15.6 Å². The highest BCUT2D eigenvalue weighted by Gasteiger charge is 2.60. The van der Waals surface area contributed by atoms with Crippen LogP contribution in [0, 0.1) is 11.8 Å². The average Bonchev–Trinajstić information content (AvgIpc) is 3.51. The van der Waals surface area contributed by atoms with Crippen molar-refractivity contribution in [3.63, 3.8) is 0 Å². The second-order valence-corrected chi connectivity index (χ2v) is 11.6. The first-order valence-corrected chi connectivity index (χ1v) is 13.3. The second-order valence-electron chi connectivity index (χ2n) is 10.2. The minimum absolute atomic E-state index is 0.00717. The second kappa shape index (κ2) is 10.5. The highest BCUT2D eigenvalue weighted by Crippen LogP contribution is 2.51. The van der Waals surface area contributed by atoms with E-state index in [9.17, 15) is 29.4 Å². The zero-order valence-corrected chi connectivity index (χ0v) is 21.9. The number of carbonyl (C=O) groups is 4. The summed E-state index contributed by atoms with van der Waals surface area (Å²) < 4.78 is 0. The van der Waals surface area contributed by atoms with Gasteiger partial charge in [0.2, 0.25) is 17.7 Å². The van der Waals surface area contributed by atoms with E-state index < -0.39 is 30.1 Å². The van der Waals surface area contributed by atoms with Crippen molar-refractivity contribution in [1.82, 2.24) is 20.4 Å². The number of carbonyl (C=O) groups excluding carboxylic acids is 3. The van der Waals surface area contributed by atoms with Crippen LogP contribution in [0.5, 0.6) is 0 Å². The van der Waals surface area contributed by atoms with Crippen LogP contribution in [-0.2, 0) is 19.2 Å². The van der Waals surface area contributed by atoms with Crippen LogP contribution >= 0.6 is 11.8 Å². The molecule has 13 nitrogen and oxygen atoms in total. The molecule has 0 radical (unpaired) electrons. The van der Waals surface area contributed by atoms with Crippen molar-refractivity contribution in [2.24, 2.45) is 28.3 Å². The third kappa shape index (κ3) is 5.14. The van der Waals surface area contributed by atoms with Crippen LogP contribution in [-0.4, -0.2) is 105 Å². The number of aliphatic hydroxyl groups is 1. The SMILES string of the molecule is CC(N=C(N)N)C(=O)NC1CCN(C(=O)C2CC(SC3=C(C(=O)O)N4C(=O)C(C(C)O)[C@H]4C3C)CN2)C1. The highest BCUT2D eigenvalue weighted by atomic mass is 32.2. The van der Waals surface area contributed by atoms with Gasteiger partial charge < -0.3 is 42.1 Å². The number of carboxylic acids is 1. The first kappa shape index (κ1) is 27.2. The molecular weight excluding hydrogens is 502 g/mol. The molecule has 4 aliphatic heterocycles. The summed E-state index contributed by atoms with van der Waals surface area (Å²) in [6.45, 7) is 6.45. The highest BCUT2D eigenvalue weighted by molar-refractivity contribution is 8.03. The van der Waals surface area contributed by atoms with Gasteiger partial charge in [0.1, 0.15) is 11.7 Å². The Bertz CT molecular complexity index is 1040. The molecule has 4 rings (SSSR count). The fraction of sp³-hybridized carbons (Fsp3) is 0.696. The number of aliphatic carboxylic acids is 1. The number of fused-ring (bicyclic) bond motifs is 1. The van der Waals surface area contributed by atoms with Gasteiger partial charge in [0.25, 0.3) is 0 Å². The van der Waals surface area contributed by atoms with Gasteiger partial charge in [-0.05, 0) is 26.7 Å². The maximum atomic E-state index is 13.2. The summed E-state index contributed by atoms with van der Waals surface area (Å²) in [5.41, 5.74) is 10.7. The number of likely N-dealkylation sites (tertiary alicyclic amines) is 1. The average molecular weight is 538 g/mol. The number of guanidine groups is 1. The molecule has 8 N–H and O–H groups in total. The summed E-state index contributed by atoms with van der Waals surface area (Å²) in [5, 5.41) is 25.9. The first-order chi connectivity index (χ1) is 17.4. The summed E-state index contributed by atoms with van der Waals surface area (Å²) in [4.78, 5) is 57.5. The van der Waals surface area contributed by atoms with Crippen LogP contribution < -0.4 is 22.1 Å². The molecule has 204 valence electrons. The van der Waals surface area contributed by atoms with E-state index in [1.807, 2.05) is 6.92 Å². The van der Waals surface area contributed by atoms with E-state index in [0.717, 1.165) is 0 Å². The van der Waals surface area contributed by atoms with Crippen molar-refractivity contribution in [1.29, 1.82) is 0 Å². The molecule has 0 aromatic heterocycles. The van der Waals surface area contributed by atoms with Crippen LogP contribution in [0.2, 0.25) is 0 Å². The standard InChI is InChI=1S/C23H35N7O6S/c1-9-16-15(11(3)31)21(34)30(16)17(22(35)36)18(9)37-13-6-14(26-7-13)20(33)29-5-4-12(8-29)28-19(32)10(2)27-23(24)25/h9-16,26,31H,4-8H2,1-3H3,(H,28,32)(H,35,36)(H4,24,25,27)/t9?,10?,11?,12?,13?,14?,15?,16-/m1/s1. The van der Waals surface area contributed by atoms with E-state index >= 15 is 0 Å². The molecule has 8 atom stereocenters. The van der Waals surface area contributed by atoms with Crippen LogP contribution in [0.3, 0.4) is 0 Å². The molecule has 3 saturated heterocycles. The molecule has 3 amide bonds. The summed E-state index contributed by atoms with van der Waals surface area (Å²) >= 11 is 1.40. The number of hydrogen-bond donors (Lipinski definition) is 6. The summed E-state index contributed by atoms with van der Waals surface area (Å²) in [6, 6.07) is -1.68.